The van der Waals surface area contributed by atoms with Crippen molar-refractivity contribution < 1.29 is 4.79 Å². The molecule has 1 rings (SSSR count). The topological polar surface area (TPSA) is 59.2 Å². The van der Waals surface area contributed by atoms with E-state index in [1.165, 1.54) is 0 Å². The molecule has 1 amide bonds. The molecule has 0 aromatic carbocycles. The molecule has 1 aromatic rings. The molecule has 2 N–H and O–H groups in total. The Balaban J connectivity index is 2.75. The molecule has 92 valence electrons. The normalized spacial score (nSPS) is 11.9. The molecule has 0 fully saturated rings. The number of aromatic nitrogens is 1. The molecule has 4 nitrogen and oxygen atoms in total. The van der Waals surface area contributed by atoms with E-state index in [0.717, 1.165) is 0 Å². The van der Waals surface area contributed by atoms with Gasteiger partial charge in [0, 0.05) is 31.4 Å². The zero-order valence-corrected chi connectivity index (χ0v) is 10.9. The summed E-state index contributed by atoms with van der Waals surface area (Å²) in [5, 5.41) is 0. The second-order valence-electron chi connectivity index (χ2n) is 3.89. The van der Waals surface area contributed by atoms with Crippen LogP contribution in [0.3, 0.4) is 0 Å². The molecule has 1 heterocycles. The van der Waals surface area contributed by atoms with Crippen LogP contribution in [0, 0.1) is 5.92 Å². The van der Waals surface area contributed by atoms with Crippen LogP contribution in [0.25, 0.3) is 0 Å². The zero-order chi connectivity index (χ0) is 12.8. The van der Waals surface area contributed by atoms with Crippen molar-refractivity contribution in [2.24, 2.45) is 11.7 Å². The fourth-order valence-corrected chi connectivity index (χ4v) is 1.52. The molecule has 1 aromatic heterocycles. The number of hydrogen-bond donors (Lipinski definition) is 1. The average molecular weight is 251 g/mol. The van der Waals surface area contributed by atoms with Crippen LogP contribution < -0.4 is 5.73 Å². The molecule has 1 unspecified atom stereocenters. The maximum Gasteiger partial charge on any atom is 0.255 e. The van der Waals surface area contributed by atoms with E-state index in [9.17, 15) is 4.79 Å². The number of carbonyl (C=O) groups excluding carboxylic acids is 1. The molecule has 1 atom stereocenters. The van der Waals surface area contributed by atoms with Gasteiger partial charge in [0.2, 0.25) is 0 Å². The third-order valence-corrected chi connectivity index (χ3v) is 2.96. The summed E-state index contributed by atoms with van der Waals surface area (Å²) in [7, 11) is 0. The molecule has 0 aliphatic carbocycles. The number of pyridine rings is 1. The van der Waals surface area contributed by atoms with Crippen molar-refractivity contribution in [2.75, 3.05) is 13.1 Å². The Labute approximate surface area is 107 Å². The molecular weight excluding hydrogens is 234 g/mol. The van der Waals surface area contributed by atoms with Gasteiger partial charge in [0.15, 0.2) is 0 Å². The van der Waals surface area contributed by atoms with Crippen molar-refractivity contribution in [2.45, 2.75) is 13.8 Å². The summed E-state index contributed by atoms with van der Waals surface area (Å²) in [4.78, 5) is 18.2. The Kier molecular flexibility index (Phi) is 5.03. The minimum absolute atomic E-state index is 0.0190. The van der Waals surface area contributed by atoms with Crippen molar-refractivity contribution in [1.29, 1.82) is 0 Å². The summed E-state index contributed by atoms with van der Waals surface area (Å²) in [6, 6.07) is 3.50. The highest BCUT2D eigenvalue weighted by Gasteiger charge is 2.17. The zero-order valence-electron chi connectivity index (χ0n) is 10.1. The third kappa shape index (κ3) is 3.78. The predicted molar refractivity (Wildman–Crippen MR) is 71.8 cm³/mol. The van der Waals surface area contributed by atoms with E-state index in [2.05, 4.69) is 4.98 Å². The maximum absolute atomic E-state index is 12.1. The molecule has 0 saturated carbocycles. The number of amides is 1. The highest BCUT2D eigenvalue weighted by Crippen LogP contribution is 2.07. The lowest BCUT2D eigenvalue weighted by Gasteiger charge is -2.24. The van der Waals surface area contributed by atoms with E-state index in [1.54, 1.807) is 29.4 Å². The molecule has 0 bridgehead atoms. The Morgan fingerprint density at radius 1 is 1.65 bits per heavy atom. The van der Waals surface area contributed by atoms with Crippen LogP contribution in [0.5, 0.6) is 0 Å². The molecule has 5 heteroatoms. The molecule has 0 saturated heterocycles. The Hall–Kier alpha value is -1.49. The van der Waals surface area contributed by atoms with Gasteiger partial charge in [-0.05, 0) is 19.1 Å². The first-order chi connectivity index (χ1) is 8.06. The minimum Gasteiger partial charge on any atom is -0.393 e. The smallest absolute Gasteiger partial charge is 0.255 e. The van der Waals surface area contributed by atoms with Crippen molar-refractivity contribution in [3.05, 3.63) is 30.1 Å². The number of rotatable bonds is 5. The predicted octanol–water partition coefficient (Wildman–Crippen LogP) is 1.47. The summed E-state index contributed by atoms with van der Waals surface area (Å²) >= 11 is 4.92. The van der Waals surface area contributed by atoms with Crippen molar-refractivity contribution in [3.63, 3.8) is 0 Å². The highest BCUT2D eigenvalue weighted by molar-refractivity contribution is 7.80. The highest BCUT2D eigenvalue weighted by atomic mass is 32.1. The van der Waals surface area contributed by atoms with E-state index >= 15 is 0 Å². The Morgan fingerprint density at radius 3 is 2.82 bits per heavy atom. The second kappa shape index (κ2) is 6.30. The van der Waals surface area contributed by atoms with Crippen LogP contribution >= 0.6 is 12.2 Å². The van der Waals surface area contributed by atoms with E-state index in [4.69, 9.17) is 18.0 Å². The van der Waals surface area contributed by atoms with Crippen LogP contribution in [0.1, 0.15) is 24.2 Å². The van der Waals surface area contributed by atoms with Gasteiger partial charge in [-0.2, -0.15) is 0 Å². The Morgan fingerprint density at radius 2 is 2.35 bits per heavy atom. The lowest BCUT2D eigenvalue weighted by atomic mass is 10.1. The second-order valence-corrected chi connectivity index (χ2v) is 4.36. The van der Waals surface area contributed by atoms with Gasteiger partial charge < -0.3 is 10.6 Å². The van der Waals surface area contributed by atoms with Crippen molar-refractivity contribution in [3.8, 4) is 0 Å². The SMILES string of the molecule is CCN(CC(C)C(N)=S)C(=O)c1cccnc1. The monoisotopic (exact) mass is 251 g/mol. The van der Waals surface area contributed by atoms with Gasteiger partial charge in [0.1, 0.15) is 0 Å². The minimum atomic E-state index is -0.0382. The number of hydrogen-bond acceptors (Lipinski definition) is 3. The van der Waals surface area contributed by atoms with Crippen LogP contribution in [-0.2, 0) is 0 Å². The van der Waals surface area contributed by atoms with Gasteiger partial charge in [-0.1, -0.05) is 19.1 Å². The molecule has 0 aliphatic heterocycles. The van der Waals surface area contributed by atoms with Gasteiger partial charge in [0.05, 0.1) is 10.6 Å². The molecule has 0 aliphatic rings. The van der Waals surface area contributed by atoms with Crippen molar-refractivity contribution in [1.82, 2.24) is 9.88 Å². The summed E-state index contributed by atoms with van der Waals surface area (Å²) in [5.74, 6) is -0.0192. The average Bonchev–Trinajstić information content (AvgIpc) is 2.35. The van der Waals surface area contributed by atoms with E-state index < -0.39 is 0 Å². The van der Waals surface area contributed by atoms with Gasteiger partial charge in [-0.25, -0.2) is 0 Å². The van der Waals surface area contributed by atoms with Gasteiger partial charge >= 0.3 is 0 Å². The quantitative estimate of drug-likeness (QED) is 0.805. The van der Waals surface area contributed by atoms with Gasteiger partial charge in [-0.3, -0.25) is 9.78 Å². The van der Waals surface area contributed by atoms with Crippen molar-refractivity contribution >= 4 is 23.1 Å². The lowest BCUT2D eigenvalue weighted by Crippen LogP contribution is -2.38. The number of nitrogens with zero attached hydrogens (tertiary/aromatic N) is 2. The summed E-state index contributed by atoms with van der Waals surface area (Å²) in [5.41, 5.74) is 6.15. The summed E-state index contributed by atoms with van der Waals surface area (Å²) < 4.78 is 0. The molecule has 0 spiro atoms. The number of nitrogens with two attached hydrogens (primary N) is 1. The van der Waals surface area contributed by atoms with Crippen LogP contribution in [0.15, 0.2) is 24.5 Å². The first-order valence-corrected chi connectivity index (χ1v) is 5.95. The summed E-state index contributed by atoms with van der Waals surface area (Å²) in [6.45, 7) is 5.02. The van der Waals surface area contributed by atoms with Gasteiger partial charge in [-0.15, -0.1) is 0 Å². The van der Waals surface area contributed by atoms with Gasteiger partial charge in [0.25, 0.3) is 5.91 Å². The first-order valence-electron chi connectivity index (χ1n) is 5.54. The standard InChI is InChI=1S/C12H17N3OS/c1-3-15(8-9(2)11(13)17)12(16)10-5-4-6-14-7-10/h4-7,9H,3,8H2,1-2H3,(H2,13,17). The first kappa shape index (κ1) is 13.6. The Bertz CT molecular complexity index is 394. The molecule has 17 heavy (non-hydrogen) atoms. The molecule has 0 radical (unpaired) electrons. The third-order valence-electron chi connectivity index (χ3n) is 2.56. The van der Waals surface area contributed by atoms with E-state index in [0.29, 0.717) is 23.6 Å². The summed E-state index contributed by atoms with van der Waals surface area (Å²) in [6.07, 6.45) is 3.21. The van der Waals surface area contributed by atoms with E-state index in [-0.39, 0.29) is 11.8 Å². The lowest BCUT2D eigenvalue weighted by molar-refractivity contribution is 0.0754. The van der Waals surface area contributed by atoms with Crippen LogP contribution in [0.2, 0.25) is 0 Å². The van der Waals surface area contributed by atoms with Crippen LogP contribution in [0.4, 0.5) is 0 Å². The maximum atomic E-state index is 12.1. The number of thiocarbonyl (C=S) groups is 1. The largest absolute Gasteiger partial charge is 0.393 e. The van der Waals surface area contributed by atoms with E-state index in [1.807, 2.05) is 13.8 Å². The fraction of sp³-hybridized carbons (Fsp3) is 0.417. The van der Waals surface area contributed by atoms with Crippen LogP contribution in [-0.4, -0.2) is 33.9 Å². The molecular formula is C12H17N3OS. The fourth-order valence-electron chi connectivity index (χ4n) is 1.45. The number of carbonyl (C=O) groups is 1.